The highest BCUT2D eigenvalue weighted by atomic mass is 16.5. The Labute approximate surface area is 96.2 Å². The van der Waals surface area contributed by atoms with E-state index in [0.29, 0.717) is 17.1 Å². The number of aryl methyl sites for hydroxylation is 1. The van der Waals surface area contributed by atoms with E-state index in [9.17, 15) is 4.79 Å². The lowest BCUT2D eigenvalue weighted by molar-refractivity contribution is 0.0661. The van der Waals surface area contributed by atoms with Crippen molar-refractivity contribution in [2.45, 2.75) is 25.7 Å². The highest BCUT2D eigenvalue weighted by molar-refractivity contribution is 5.86. The minimum atomic E-state index is -1.10. The molecule has 0 bridgehead atoms. The van der Waals surface area contributed by atoms with Crippen LogP contribution in [0.15, 0.2) is 15.0 Å². The van der Waals surface area contributed by atoms with Crippen LogP contribution in [0.4, 0.5) is 0 Å². The summed E-state index contributed by atoms with van der Waals surface area (Å²) in [6.45, 7) is 1.77. The van der Waals surface area contributed by atoms with Gasteiger partial charge in [0.05, 0.1) is 11.4 Å². The fraction of sp³-hybridized carbons (Fsp3) is 0.364. The van der Waals surface area contributed by atoms with Gasteiger partial charge in [-0.1, -0.05) is 5.16 Å². The van der Waals surface area contributed by atoms with Gasteiger partial charge < -0.3 is 14.0 Å². The first-order valence-electron chi connectivity index (χ1n) is 5.33. The fourth-order valence-corrected chi connectivity index (χ4v) is 1.69. The van der Waals surface area contributed by atoms with E-state index >= 15 is 0 Å². The topological polar surface area (TPSA) is 89.4 Å². The normalized spacial score (nSPS) is 15.1. The molecule has 0 aromatic carbocycles. The van der Waals surface area contributed by atoms with Crippen molar-refractivity contribution in [3.63, 3.8) is 0 Å². The predicted molar refractivity (Wildman–Crippen MR) is 55.7 cm³/mol. The van der Waals surface area contributed by atoms with Gasteiger partial charge in [0.1, 0.15) is 0 Å². The third kappa shape index (κ3) is 1.71. The van der Waals surface area contributed by atoms with Crippen molar-refractivity contribution >= 4 is 5.97 Å². The first kappa shape index (κ1) is 10.1. The van der Waals surface area contributed by atoms with Crippen LogP contribution in [0.25, 0.3) is 11.7 Å². The van der Waals surface area contributed by atoms with Crippen molar-refractivity contribution in [2.24, 2.45) is 0 Å². The number of nitrogens with zero attached hydrogens (tertiary/aromatic N) is 2. The lowest BCUT2D eigenvalue weighted by atomic mass is 10.2. The summed E-state index contributed by atoms with van der Waals surface area (Å²) < 4.78 is 10.2. The van der Waals surface area contributed by atoms with Crippen LogP contribution in [-0.4, -0.2) is 21.2 Å². The lowest BCUT2D eigenvalue weighted by Crippen LogP contribution is -1.98. The predicted octanol–water partition coefficient (Wildman–Crippen LogP) is 2.21. The maximum atomic E-state index is 11.0. The Morgan fingerprint density at radius 2 is 2.29 bits per heavy atom. The summed E-state index contributed by atoms with van der Waals surface area (Å²) in [5, 5.41) is 12.7. The van der Waals surface area contributed by atoms with Gasteiger partial charge in [-0.05, 0) is 19.8 Å². The molecule has 3 rings (SSSR count). The standard InChI is InChI=1S/C11H10N2O4/c1-5-4-7(17-13-5)10-12-8(6-2-3-6)9(16-10)11(14)15/h4,6H,2-3H2,1H3,(H,14,15). The summed E-state index contributed by atoms with van der Waals surface area (Å²) in [5.74, 6) is -0.428. The Kier molecular flexibility index (Phi) is 2.04. The summed E-state index contributed by atoms with van der Waals surface area (Å²) in [4.78, 5) is 15.2. The third-order valence-corrected chi connectivity index (χ3v) is 2.65. The Balaban J connectivity index is 2.06. The molecule has 1 N–H and O–H groups in total. The van der Waals surface area contributed by atoms with Crippen LogP contribution in [0.5, 0.6) is 0 Å². The number of carbonyl (C=O) groups is 1. The molecule has 6 nitrogen and oxygen atoms in total. The molecular formula is C11H10N2O4. The number of hydrogen-bond donors (Lipinski definition) is 1. The molecule has 0 unspecified atom stereocenters. The van der Waals surface area contributed by atoms with Gasteiger partial charge in [-0.3, -0.25) is 0 Å². The molecule has 0 amide bonds. The van der Waals surface area contributed by atoms with Crippen molar-refractivity contribution in [3.8, 4) is 11.7 Å². The molecule has 0 spiro atoms. The van der Waals surface area contributed by atoms with E-state index in [-0.39, 0.29) is 17.6 Å². The zero-order valence-electron chi connectivity index (χ0n) is 9.14. The van der Waals surface area contributed by atoms with Gasteiger partial charge in [-0.25, -0.2) is 9.78 Å². The van der Waals surface area contributed by atoms with E-state index < -0.39 is 5.97 Å². The summed E-state index contributed by atoms with van der Waals surface area (Å²) in [5.41, 5.74) is 1.21. The Bertz CT molecular complexity index is 580. The molecule has 1 saturated carbocycles. The van der Waals surface area contributed by atoms with E-state index in [2.05, 4.69) is 10.1 Å². The molecular weight excluding hydrogens is 224 g/mol. The Hall–Kier alpha value is -2.11. The average molecular weight is 234 g/mol. The first-order valence-corrected chi connectivity index (χ1v) is 5.33. The Morgan fingerprint density at radius 1 is 1.53 bits per heavy atom. The third-order valence-electron chi connectivity index (χ3n) is 2.65. The molecule has 2 aromatic rings. The number of aromatic carboxylic acids is 1. The van der Waals surface area contributed by atoms with Crippen LogP contribution in [0.3, 0.4) is 0 Å². The largest absolute Gasteiger partial charge is 0.475 e. The quantitative estimate of drug-likeness (QED) is 0.875. The molecule has 2 heterocycles. The van der Waals surface area contributed by atoms with Crippen LogP contribution in [-0.2, 0) is 0 Å². The van der Waals surface area contributed by atoms with Crippen molar-refractivity contribution in [1.29, 1.82) is 0 Å². The van der Waals surface area contributed by atoms with Crippen molar-refractivity contribution in [1.82, 2.24) is 10.1 Å². The van der Waals surface area contributed by atoms with Gasteiger partial charge in [-0.15, -0.1) is 0 Å². The van der Waals surface area contributed by atoms with Crippen molar-refractivity contribution < 1.29 is 18.8 Å². The second-order valence-corrected chi connectivity index (χ2v) is 4.15. The molecule has 1 fully saturated rings. The molecule has 0 saturated heterocycles. The summed E-state index contributed by atoms with van der Waals surface area (Å²) in [6.07, 6.45) is 1.92. The number of oxazole rings is 1. The van der Waals surface area contributed by atoms with Crippen molar-refractivity contribution in [2.75, 3.05) is 0 Å². The number of carboxylic acid groups (broad SMARTS) is 1. The zero-order valence-corrected chi connectivity index (χ0v) is 9.14. The van der Waals surface area contributed by atoms with Gasteiger partial charge in [0.15, 0.2) is 0 Å². The van der Waals surface area contributed by atoms with Crippen LogP contribution >= 0.6 is 0 Å². The van der Waals surface area contributed by atoms with E-state index in [1.54, 1.807) is 13.0 Å². The molecule has 0 atom stereocenters. The van der Waals surface area contributed by atoms with E-state index in [1.807, 2.05) is 0 Å². The number of aromatic nitrogens is 2. The van der Waals surface area contributed by atoms with Gasteiger partial charge in [0, 0.05) is 12.0 Å². The second kappa shape index (κ2) is 3.44. The van der Waals surface area contributed by atoms with Crippen LogP contribution in [0.2, 0.25) is 0 Å². The van der Waals surface area contributed by atoms with E-state index in [1.165, 1.54) is 0 Å². The average Bonchev–Trinajstić information content (AvgIpc) is 2.87. The zero-order chi connectivity index (χ0) is 12.0. The highest BCUT2D eigenvalue weighted by Crippen LogP contribution is 2.42. The van der Waals surface area contributed by atoms with Crippen molar-refractivity contribution in [3.05, 3.63) is 23.2 Å². The first-order chi connectivity index (χ1) is 8.15. The maximum absolute atomic E-state index is 11.0. The van der Waals surface area contributed by atoms with Crippen LogP contribution < -0.4 is 0 Å². The van der Waals surface area contributed by atoms with Crippen LogP contribution in [0.1, 0.15) is 40.7 Å². The van der Waals surface area contributed by atoms with Gasteiger partial charge in [0.2, 0.25) is 11.5 Å². The molecule has 0 radical (unpaired) electrons. The van der Waals surface area contributed by atoms with Gasteiger partial charge >= 0.3 is 5.97 Å². The molecule has 6 heteroatoms. The lowest BCUT2D eigenvalue weighted by Gasteiger charge is -1.89. The molecule has 88 valence electrons. The van der Waals surface area contributed by atoms with E-state index in [4.69, 9.17) is 14.0 Å². The van der Waals surface area contributed by atoms with Gasteiger partial charge in [-0.2, -0.15) is 0 Å². The number of hydrogen-bond acceptors (Lipinski definition) is 5. The van der Waals surface area contributed by atoms with Crippen LogP contribution in [0, 0.1) is 6.92 Å². The molecule has 1 aliphatic rings. The molecule has 0 aliphatic heterocycles. The smallest absolute Gasteiger partial charge is 0.373 e. The monoisotopic (exact) mass is 234 g/mol. The highest BCUT2D eigenvalue weighted by Gasteiger charge is 2.34. The number of rotatable bonds is 3. The maximum Gasteiger partial charge on any atom is 0.373 e. The molecule has 2 aromatic heterocycles. The SMILES string of the molecule is Cc1cc(-c2nc(C3CC3)c(C(=O)O)o2)on1. The molecule has 1 aliphatic carbocycles. The second-order valence-electron chi connectivity index (χ2n) is 4.15. The molecule has 17 heavy (non-hydrogen) atoms. The minimum Gasteiger partial charge on any atom is -0.475 e. The Morgan fingerprint density at radius 3 is 2.82 bits per heavy atom. The van der Waals surface area contributed by atoms with E-state index in [0.717, 1.165) is 12.8 Å². The minimum absolute atomic E-state index is 0.0865. The summed E-state index contributed by atoms with van der Waals surface area (Å²) in [6, 6.07) is 1.66. The number of carboxylic acids is 1. The fourth-order valence-electron chi connectivity index (χ4n) is 1.69. The summed E-state index contributed by atoms with van der Waals surface area (Å²) >= 11 is 0. The van der Waals surface area contributed by atoms with Gasteiger partial charge in [0.25, 0.3) is 5.89 Å². The summed E-state index contributed by atoms with van der Waals surface area (Å²) in [7, 11) is 0.